The largest absolute Gasteiger partial charge is 0.325 e. The highest BCUT2D eigenvalue weighted by molar-refractivity contribution is 8.00. The van der Waals surface area contributed by atoms with Crippen LogP contribution in [-0.2, 0) is 9.59 Å². The van der Waals surface area contributed by atoms with Gasteiger partial charge in [-0.25, -0.2) is 0 Å². The maximum absolute atomic E-state index is 13.2. The number of rotatable bonds is 9. The highest BCUT2D eigenvalue weighted by Crippen LogP contribution is 2.22. The number of pyridine rings is 1. The molecule has 0 aliphatic heterocycles. The van der Waals surface area contributed by atoms with Gasteiger partial charge in [0.05, 0.1) is 5.75 Å². The summed E-state index contributed by atoms with van der Waals surface area (Å²) in [6, 6.07) is 27.0. The molecule has 190 valence electrons. The minimum atomic E-state index is -0.489. The average Bonchev–Trinajstić information content (AvgIpc) is 2.94. The van der Waals surface area contributed by atoms with Crippen LogP contribution in [0.2, 0.25) is 0 Å². The van der Waals surface area contributed by atoms with Gasteiger partial charge in [0.1, 0.15) is 5.70 Å². The topological polar surface area (TPSA) is 100 Å². The molecule has 0 fully saturated rings. The lowest BCUT2D eigenvalue weighted by Gasteiger charge is -2.12. The summed E-state index contributed by atoms with van der Waals surface area (Å²) in [6.45, 7) is 1.99. The lowest BCUT2D eigenvalue weighted by atomic mass is 10.2. The molecule has 0 atom stereocenters. The van der Waals surface area contributed by atoms with Gasteiger partial charge in [-0.3, -0.25) is 19.4 Å². The van der Waals surface area contributed by atoms with Crippen LogP contribution in [0.3, 0.4) is 0 Å². The molecule has 3 amide bonds. The molecule has 0 radical (unpaired) electrons. The van der Waals surface area contributed by atoms with Crippen molar-refractivity contribution in [1.82, 2.24) is 10.3 Å². The first-order valence-electron chi connectivity index (χ1n) is 11.8. The molecule has 3 N–H and O–H groups in total. The molecule has 38 heavy (non-hydrogen) atoms. The Hall–Kier alpha value is -4.69. The molecule has 4 aromatic rings. The lowest BCUT2D eigenvalue weighted by molar-refractivity contribution is -0.114. The van der Waals surface area contributed by atoms with E-state index in [1.54, 1.807) is 73.1 Å². The smallest absolute Gasteiger partial charge is 0.272 e. The first-order valence-corrected chi connectivity index (χ1v) is 12.8. The fourth-order valence-electron chi connectivity index (χ4n) is 3.42. The van der Waals surface area contributed by atoms with Gasteiger partial charge in [-0.1, -0.05) is 48.0 Å². The summed E-state index contributed by atoms with van der Waals surface area (Å²) in [5.41, 5.74) is 3.56. The van der Waals surface area contributed by atoms with Gasteiger partial charge in [0, 0.05) is 34.2 Å². The third kappa shape index (κ3) is 7.91. The summed E-state index contributed by atoms with van der Waals surface area (Å²) in [4.78, 5) is 43.2. The van der Waals surface area contributed by atoms with Crippen LogP contribution in [0.5, 0.6) is 0 Å². The standard InChI is InChI=1S/C30H26N4O3S/c1-21-12-14-24(15-13-21)32-28(35)20-38-26-11-5-10-25(18-26)33-30(37)27(17-22-7-6-16-31-19-22)34-29(36)23-8-3-2-4-9-23/h2-19H,20H2,1H3,(H,32,35)(H,33,37)(H,34,36)/b27-17-. The van der Waals surface area contributed by atoms with E-state index in [-0.39, 0.29) is 17.4 Å². The first-order chi connectivity index (χ1) is 18.5. The minimum absolute atomic E-state index is 0.0717. The minimum Gasteiger partial charge on any atom is -0.325 e. The first kappa shape index (κ1) is 26.4. The van der Waals surface area contributed by atoms with Gasteiger partial charge in [-0.05, 0) is 67.1 Å². The van der Waals surface area contributed by atoms with Crippen molar-refractivity contribution in [2.75, 3.05) is 16.4 Å². The normalized spacial score (nSPS) is 10.9. The van der Waals surface area contributed by atoms with Gasteiger partial charge < -0.3 is 16.0 Å². The number of hydrogen-bond donors (Lipinski definition) is 3. The van der Waals surface area contributed by atoms with E-state index in [0.29, 0.717) is 16.8 Å². The molecule has 3 aromatic carbocycles. The zero-order valence-corrected chi connectivity index (χ0v) is 21.5. The van der Waals surface area contributed by atoms with Gasteiger partial charge in [0.25, 0.3) is 11.8 Å². The predicted octanol–water partition coefficient (Wildman–Crippen LogP) is 5.53. The van der Waals surface area contributed by atoms with Crippen LogP contribution in [0.4, 0.5) is 11.4 Å². The summed E-state index contributed by atoms with van der Waals surface area (Å²) < 4.78 is 0. The van der Waals surface area contributed by atoms with Crippen molar-refractivity contribution >= 4 is 46.9 Å². The molecule has 0 bridgehead atoms. The summed E-state index contributed by atoms with van der Waals surface area (Å²) >= 11 is 1.36. The van der Waals surface area contributed by atoms with Crippen molar-refractivity contribution in [3.8, 4) is 0 Å². The number of benzene rings is 3. The Kier molecular flexibility index (Phi) is 9.04. The summed E-state index contributed by atoms with van der Waals surface area (Å²) in [5, 5.41) is 8.42. The Morgan fingerprint density at radius 2 is 1.63 bits per heavy atom. The molecular weight excluding hydrogens is 496 g/mol. The lowest BCUT2D eigenvalue weighted by Crippen LogP contribution is -2.30. The van der Waals surface area contributed by atoms with Gasteiger partial charge in [0.15, 0.2) is 0 Å². The van der Waals surface area contributed by atoms with Crippen molar-refractivity contribution in [3.63, 3.8) is 0 Å². The summed E-state index contributed by atoms with van der Waals surface area (Å²) in [6.07, 6.45) is 4.79. The molecule has 4 rings (SSSR count). The van der Waals surface area contributed by atoms with Gasteiger partial charge in [0.2, 0.25) is 5.91 Å². The molecule has 0 saturated heterocycles. The van der Waals surface area contributed by atoms with Crippen molar-refractivity contribution < 1.29 is 14.4 Å². The average molecular weight is 523 g/mol. The van der Waals surface area contributed by atoms with Gasteiger partial charge in [-0.2, -0.15) is 0 Å². The maximum atomic E-state index is 13.2. The van der Waals surface area contributed by atoms with Crippen molar-refractivity contribution in [2.24, 2.45) is 0 Å². The number of anilines is 2. The number of hydrogen-bond acceptors (Lipinski definition) is 5. The van der Waals surface area contributed by atoms with E-state index in [4.69, 9.17) is 0 Å². The van der Waals surface area contributed by atoms with Crippen molar-refractivity contribution in [1.29, 1.82) is 0 Å². The second-order valence-corrected chi connectivity index (χ2v) is 9.40. The van der Waals surface area contributed by atoms with Crippen molar-refractivity contribution in [3.05, 3.63) is 126 Å². The molecule has 0 unspecified atom stereocenters. The fourth-order valence-corrected chi connectivity index (χ4v) is 4.17. The molecule has 0 saturated carbocycles. The Balaban J connectivity index is 1.42. The predicted molar refractivity (Wildman–Crippen MR) is 152 cm³/mol. The zero-order chi connectivity index (χ0) is 26.7. The molecule has 1 aromatic heterocycles. The molecule has 7 nitrogen and oxygen atoms in total. The number of aryl methyl sites for hydroxylation is 1. The van der Waals surface area contributed by atoms with Crippen LogP contribution in [-0.4, -0.2) is 28.5 Å². The monoisotopic (exact) mass is 522 g/mol. The van der Waals surface area contributed by atoms with Crippen LogP contribution >= 0.6 is 11.8 Å². The van der Waals surface area contributed by atoms with Crippen LogP contribution in [0.15, 0.2) is 114 Å². The Bertz CT molecular complexity index is 1440. The second-order valence-electron chi connectivity index (χ2n) is 8.35. The van der Waals surface area contributed by atoms with E-state index in [1.165, 1.54) is 11.8 Å². The molecule has 8 heteroatoms. The molecule has 0 aliphatic rings. The number of carbonyl (C=O) groups is 3. The molecule has 0 aliphatic carbocycles. The quantitative estimate of drug-likeness (QED) is 0.198. The van der Waals surface area contributed by atoms with Crippen LogP contribution in [0.1, 0.15) is 21.5 Å². The van der Waals surface area contributed by atoms with E-state index in [2.05, 4.69) is 20.9 Å². The van der Waals surface area contributed by atoms with Gasteiger partial charge >= 0.3 is 0 Å². The number of nitrogens with one attached hydrogen (secondary N) is 3. The van der Waals surface area contributed by atoms with Crippen molar-refractivity contribution in [2.45, 2.75) is 11.8 Å². The van der Waals surface area contributed by atoms with E-state index >= 15 is 0 Å². The number of nitrogens with zero attached hydrogens (tertiary/aromatic N) is 1. The molecule has 0 spiro atoms. The Labute approximate surface area is 225 Å². The highest BCUT2D eigenvalue weighted by atomic mass is 32.2. The second kappa shape index (κ2) is 13.0. The SMILES string of the molecule is Cc1ccc(NC(=O)CSc2cccc(NC(=O)/C(=C/c3cccnc3)NC(=O)c3ccccc3)c2)cc1. The van der Waals surface area contributed by atoms with Crippen LogP contribution < -0.4 is 16.0 Å². The third-order valence-electron chi connectivity index (χ3n) is 5.32. The molecule has 1 heterocycles. The fraction of sp³-hybridized carbons (Fsp3) is 0.0667. The Morgan fingerprint density at radius 1 is 0.842 bits per heavy atom. The van der Waals surface area contributed by atoms with Crippen LogP contribution in [0.25, 0.3) is 6.08 Å². The number of amides is 3. The maximum Gasteiger partial charge on any atom is 0.272 e. The van der Waals surface area contributed by atoms with E-state index < -0.39 is 11.8 Å². The highest BCUT2D eigenvalue weighted by Gasteiger charge is 2.15. The van der Waals surface area contributed by atoms with Crippen LogP contribution in [0, 0.1) is 6.92 Å². The van der Waals surface area contributed by atoms with E-state index in [0.717, 1.165) is 16.1 Å². The number of aromatic nitrogens is 1. The summed E-state index contributed by atoms with van der Waals surface area (Å²) in [5.74, 6) is -0.805. The zero-order valence-electron chi connectivity index (χ0n) is 20.7. The van der Waals surface area contributed by atoms with E-state index in [1.807, 2.05) is 43.3 Å². The van der Waals surface area contributed by atoms with Gasteiger partial charge in [-0.15, -0.1) is 11.8 Å². The number of carbonyl (C=O) groups excluding carboxylic acids is 3. The van der Waals surface area contributed by atoms with E-state index in [9.17, 15) is 14.4 Å². The Morgan fingerprint density at radius 3 is 2.37 bits per heavy atom. The molecular formula is C30H26N4O3S. The summed E-state index contributed by atoms with van der Waals surface area (Å²) in [7, 11) is 0. The third-order valence-corrected chi connectivity index (χ3v) is 6.32. The number of thioether (sulfide) groups is 1.